The molecule has 1 aliphatic rings. The van der Waals surface area contributed by atoms with Crippen molar-refractivity contribution < 1.29 is 19.7 Å². The van der Waals surface area contributed by atoms with Gasteiger partial charge in [-0.25, -0.2) is 4.79 Å². The quantitative estimate of drug-likeness (QED) is 0.475. The summed E-state index contributed by atoms with van der Waals surface area (Å²) in [6.45, 7) is 5.95. The summed E-state index contributed by atoms with van der Waals surface area (Å²) in [6.07, 6.45) is -2.25. The van der Waals surface area contributed by atoms with Crippen molar-refractivity contribution in [2.24, 2.45) is 0 Å². The monoisotopic (exact) mass is 232 g/mol. The second-order valence-electron chi connectivity index (χ2n) is 4.96. The van der Waals surface area contributed by atoms with Crippen molar-refractivity contribution in [3.63, 3.8) is 0 Å². The summed E-state index contributed by atoms with van der Waals surface area (Å²) in [5, 5.41) is 24.5. The van der Waals surface area contributed by atoms with Crippen molar-refractivity contribution in [2.45, 2.75) is 44.6 Å². The van der Waals surface area contributed by atoms with Gasteiger partial charge in [-0.2, -0.15) is 0 Å². The largest absolute Gasteiger partial charge is 0.444 e. The van der Waals surface area contributed by atoms with E-state index in [1.165, 1.54) is 0 Å². The Balaban J connectivity index is 2.48. The zero-order valence-corrected chi connectivity index (χ0v) is 9.86. The molecule has 0 bridgehead atoms. The fourth-order valence-corrected chi connectivity index (χ4v) is 1.53. The lowest BCUT2D eigenvalue weighted by Crippen LogP contribution is -2.61. The number of hydrogen-bond acceptors (Lipinski definition) is 5. The molecule has 0 aromatic carbocycles. The number of aliphatic hydroxyl groups is 2. The molecule has 1 heterocycles. The Hall–Kier alpha value is -0.850. The summed E-state index contributed by atoms with van der Waals surface area (Å²) >= 11 is 0. The van der Waals surface area contributed by atoms with Crippen LogP contribution in [0.2, 0.25) is 0 Å². The standard InChI is InChI=1S/C10H20N2O4/c1-10(2,3)16-9(15)12-8-6(13)4-11-5-7(8)14/h6-8,11,13-14H,4-5H2,1-3H3,(H,12,15)/t6-,7+,8-. The molecular formula is C10H20N2O4. The average Bonchev–Trinajstić information content (AvgIpc) is 2.08. The zero-order valence-electron chi connectivity index (χ0n) is 9.86. The highest BCUT2D eigenvalue weighted by Gasteiger charge is 2.33. The van der Waals surface area contributed by atoms with Crippen LogP contribution >= 0.6 is 0 Å². The Bertz CT molecular complexity index is 242. The molecule has 1 fully saturated rings. The van der Waals surface area contributed by atoms with Gasteiger partial charge < -0.3 is 25.6 Å². The first-order chi connectivity index (χ1) is 7.29. The molecule has 94 valence electrons. The summed E-state index contributed by atoms with van der Waals surface area (Å²) in [5.41, 5.74) is -0.590. The molecule has 3 atom stereocenters. The molecule has 0 spiro atoms. The van der Waals surface area contributed by atoms with Crippen LogP contribution in [0.1, 0.15) is 20.8 Å². The minimum atomic E-state index is -0.809. The van der Waals surface area contributed by atoms with Crippen LogP contribution < -0.4 is 10.6 Å². The Morgan fingerprint density at radius 2 is 1.81 bits per heavy atom. The molecule has 0 aliphatic carbocycles. The van der Waals surface area contributed by atoms with Gasteiger partial charge in [0.15, 0.2) is 0 Å². The molecule has 1 saturated heterocycles. The summed E-state index contributed by atoms with van der Waals surface area (Å²) in [5.74, 6) is 0. The normalized spacial score (nSPS) is 30.9. The SMILES string of the molecule is CC(C)(C)OC(=O)N[C@@H]1[C@H](O)CNC[C@@H]1O. The van der Waals surface area contributed by atoms with Gasteiger partial charge in [0.05, 0.1) is 18.2 Å². The minimum absolute atomic E-state index is 0.345. The number of aliphatic hydroxyl groups excluding tert-OH is 2. The van der Waals surface area contributed by atoms with Crippen LogP contribution in [0.3, 0.4) is 0 Å². The molecule has 4 N–H and O–H groups in total. The maximum Gasteiger partial charge on any atom is 0.408 e. The molecule has 0 unspecified atom stereocenters. The van der Waals surface area contributed by atoms with Gasteiger partial charge in [-0.15, -0.1) is 0 Å². The highest BCUT2D eigenvalue weighted by atomic mass is 16.6. The van der Waals surface area contributed by atoms with Crippen molar-refractivity contribution in [3.05, 3.63) is 0 Å². The maximum absolute atomic E-state index is 11.4. The van der Waals surface area contributed by atoms with Gasteiger partial charge in [-0.3, -0.25) is 0 Å². The molecule has 1 amide bonds. The van der Waals surface area contributed by atoms with E-state index < -0.39 is 29.9 Å². The van der Waals surface area contributed by atoms with E-state index in [1.54, 1.807) is 20.8 Å². The van der Waals surface area contributed by atoms with E-state index in [0.717, 1.165) is 0 Å². The smallest absolute Gasteiger partial charge is 0.408 e. The predicted molar refractivity (Wildman–Crippen MR) is 58.0 cm³/mol. The number of β-amino-alcohol motifs (C(OH)–C–C–N with tert-alkyl or cyclic N) is 2. The number of carbonyl (C=O) groups is 1. The average molecular weight is 232 g/mol. The van der Waals surface area contributed by atoms with Gasteiger partial charge >= 0.3 is 6.09 Å². The van der Waals surface area contributed by atoms with Crippen molar-refractivity contribution in [2.75, 3.05) is 13.1 Å². The number of carbonyl (C=O) groups excluding carboxylic acids is 1. The molecule has 6 heteroatoms. The summed E-state index contributed by atoms with van der Waals surface area (Å²) in [4.78, 5) is 11.4. The summed E-state index contributed by atoms with van der Waals surface area (Å²) < 4.78 is 5.04. The van der Waals surface area contributed by atoms with Crippen LogP contribution in [0, 0.1) is 0 Å². The Labute approximate surface area is 95.0 Å². The Morgan fingerprint density at radius 3 is 2.25 bits per heavy atom. The second-order valence-corrected chi connectivity index (χ2v) is 4.96. The third kappa shape index (κ3) is 3.96. The third-order valence-corrected chi connectivity index (χ3v) is 2.22. The van der Waals surface area contributed by atoms with Crippen LogP contribution in [0.5, 0.6) is 0 Å². The first-order valence-electron chi connectivity index (χ1n) is 5.36. The molecule has 0 radical (unpaired) electrons. The first kappa shape index (κ1) is 13.2. The number of nitrogens with one attached hydrogen (secondary N) is 2. The predicted octanol–water partition coefficient (Wildman–Crippen LogP) is -0.795. The van der Waals surface area contributed by atoms with Gasteiger partial charge in [0.25, 0.3) is 0 Å². The van der Waals surface area contributed by atoms with E-state index in [-0.39, 0.29) is 0 Å². The van der Waals surface area contributed by atoms with E-state index in [1.807, 2.05) is 0 Å². The van der Waals surface area contributed by atoms with Crippen molar-refractivity contribution in [1.82, 2.24) is 10.6 Å². The number of amides is 1. The molecule has 6 nitrogen and oxygen atoms in total. The highest BCUT2D eigenvalue weighted by molar-refractivity contribution is 5.68. The van der Waals surface area contributed by atoms with Gasteiger partial charge in [-0.05, 0) is 20.8 Å². The lowest BCUT2D eigenvalue weighted by Gasteiger charge is -2.33. The molecule has 0 aromatic heterocycles. The van der Waals surface area contributed by atoms with Crippen molar-refractivity contribution in [3.8, 4) is 0 Å². The molecule has 0 aromatic rings. The number of hydrogen-bond donors (Lipinski definition) is 4. The van der Waals surface area contributed by atoms with Crippen LogP contribution in [-0.4, -0.2) is 53.2 Å². The number of rotatable bonds is 1. The number of alkyl carbamates (subject to hydrolysis) is 1. The zero-order chi connectivity index (χ0) is 12.3. The van der Waals surface area contributed by atoms with Gasteiger partial charge in [0.1, 0.15) is 5.60 Å². The Morgan fingerprint density at radius 1 is 1.31 bits per heavy atom. The summed E-state index contributed by atoms with van der Waals surface area (Å²) in [6, 6.07) is -0.684. The van der Waals surface area contributed by atoms with Crippen LogP contribution in [0.4, 0.5) is 4.79 Å². The van der Waals surface area contributed by atoms with Gasteiger partial charge in [0, 0.05) is 13.1 Å². The van der Waals surface area contributed by atoms with Crippen molar-refractivity contribution >= 4 is 6.09 Å². The van der Waals surface area contributed by atoms with Gasteiger partial charge in [0.2, 0.25) is 0 Å². The van der Waals surface area contributed by atoms with E-state index in [0.29, 0.717) is 13.1 Å². The lowest BCUT2D eigenvalue weighted by atomic mass is 10.0. The number of piperidine rings is 1. The van der Waals surface area contributed by atoms with E-state index >= 15 is 0 Å². The van der Waals surface area contributed by atoms with Gasteiger partial charge in [-0.1, -0.05) is 0 Å². The first-order valence-corrected chi connectivity index (χ1v) is 5.36. The van der Waals surface area contributed by atoms with Crippen molar-refractivity contribution in [1.29, 1.82) is 0 Å². The van der Waals surface area contributed by atoms with Crippen LogP contribution in [-0.2, 0) is 4.74 Å². The van der Waals surface area contributed by atoms with E-state index in [2.05, 4.69) is 10.6 Å². The fraction of sp³-hybridized carbons (Fsp3) is 0.900. The lowest BCUT2D eigenvalue weighted by molar-refractivity contribution is -0.000203. The van der Waals surface area contributed by atoms with Crippen LogP contribution in [0.25, 0.3) is 0 Å². The van der Waals surface area contributed by atoms with E-state index in [4.69, 9.17) is 4.74 Å². The Kier molecular flexibility index (Phi) is 4.12. The molecular weight excluding hydrogens is 212 g/mol. The molecule has 1 aliphatic heterocycles. The molecule has 1 rings (SSSR count). The summed E-state index contributed by atoms with van der Waals surface area (Å²) in [7, 11) is 0. The topological polar surface area (TPSA) is 90.8 Å². The minimum Gasteiger partial charge on any atom is -0.444 e. The fourth-order valence-electron chi connectivity index (χ4n) is 1.53. The second kappa shape index (κ2) is 4.99. The van der Waals surface area contributed by atoms with Crippen LogP contribution in [0.15, 0.2) is 0 Å². The highest BCUT2D eigenvalue weighted by Crippen LogP contribution is 2.09. The molecule has 16 heavy (non-hydrogen) atoms. The van der Waals surface area contributed by atoms with E-state index in [9.17, 15) is 15.0 Å². The number of ether oxygens (including phenoxy) is 1. The molecule has 0 saturated carbocycles. The maximum atomic E-state index is 11.4. The third-order valence-electron chi connectivity index (χ3n) is 2.22.